The van der Waals surface area contributed by atoms with Gasteiger partial charge in [0.1, 0.15) is 10.8 Å². The third kappa shape index (κ3) is 5.40. The van der Waals surface area contributed by atoms with E-state index in [9.17, 15) is 0 Å². The Hall–Kier alpha value is -1.52. The maximum absolute atomic E-state index is 5.23. The number of hydrogen-bond acceptors (Lipinski definition) is 4. The van der Waals surface area contributed by atoms with Crippen molar-refractivity contribution in [2.45, 2.75) is 30.3 Å². The summed E-state index contributed by atoms with van der Waals surface area (Å²) in [5, 5.41) is 4.42. The summed E-state index contributed by atoms with van der Waals surface area (Å²) in [5.41, 5.74) is 1.21. The van der Waals surface area contributed by atoms with Crippen LogP contribution in [0.5, 0.6) is 5.75 Å². The molecule has 0 amide bonds. The summed E-state index contributed by atoms with van der Waals surface area (Å²) in [7, 11) is 1.68. The van der Waals surface area contributed by atoms with E-state index < -0.39 is 0 Å². The molecule has 0 atom stereocenters. The fraction of sp³-hybridized carbons (Fsp3) is 0.353. The topological polar surface area (TPSA) is 34.1 Å². The summed E-state index contributed by atoms with van der Waals surface area (Å²) in [6.07, 6.45) is 1.94. The molecule has 112 valence electrons. The molecule has 1 heterocycles. The highest BCUT2D eigenvalue weighted by atomic mass is 32.2. The minimum atomic E-state index is 0.667. The van der Waals surface area contributed by atoms with Crippen LogP contribution in [0.25, 0.3) is 0 Å². The van der Waals surface area contributed by atoms with Crippen molar-refractivity contribution in [2.24, 2.45) is 5.92 Å². The van der Waals surface area contributed by atoms with Crippen LogP contribution < -0.4 is 10.1 Å². The molecule has 0 spiro atoms. The maximum Gasteiger partial charge on any atom is 0.119 e. The zero-order valence-electron chi connectivity index (χ0n) is 12.8. The second-order valence-electron chi connectivity index (χ2n) is 5.31. The van der Waals surface area contributed by atoms with Crippen LogP contribution in [0.3, 0.4) is 0 Å². The van der Waals surface area contributed by atoms with Gasteiger partial charge in [0, 0.05) is 17.6 Å². The number of hydrogen-bond donors (Lipinski definition) is 1. The second kappa shape index (κ2) is 8.05. The van der Waals surface area contributed by atoms with Crippen molar-refractivity contribution >= 4 is 11.8 Å². The van der Waals surface area contributed by atoms with Crippen molar-refractivity contribution in [3.05, 3.63) is 48.2 Å². The van der Waals surface area contributed by atoms with Crippen molar-refractivity contribution < 1.29 is 4.74 Å². The van der Waals surface area contributed by atoms with Crippen LogP contribution in [0.15, 0.2) is 52.5 Å². The summed E-state index contributed by atoms with van der Waals surface area (Å²) < 4.78 is 5.23. The number of ether oxygens (including phenoxy) is 1. The van der Waals surface area contributed by atoms with Gasteiger partial charge in [-0.3, -0.25) is 0 Å². The highest BCUT2D eigenvalue weighted by Gasteiger charge is 2.01. The predicted octanol–water partition coefficient (Wildman–Crippen LogP) is 3.99. The molecule has 4 heteroatoms. The van der Waals surface area contributed by atoms with E-state index >= 15 is 0 Å². The van der Waals surface area contributed by atoms with E-state index in [1.165, 1.54) is 5.56 Å². The molecule has 3 nitrogen and oxygen atoms in total. The largest absolute Gasteiger partial charge is 0.497 e. The summed E-state index contributed by atoms with van der Waals surface area (Å²) in [5.74, 6) is 1.54. The average molecular weight is 302 g/mol. The van der Waals surface area contributed by atoms with E-state index in [1.807, 2.05) is 24.4 Å². The van der Waals surface area contributed by atoms with E-state index in [1.54, 1.807) is 18.9 Å². The highest BCUT2D eigenvalue weighted by molar-refractivity contribution is 7.99. The van der Waals surface area contributed by atoms with E-state index in [-0.39, 0.29) is 0 Å². The molecule has 1 N–H and O–H groups in total. The van der Waals surface area contributed by atoms with Gasteiger partial charge in [-0.25, -0.2) is 4.98 Å². The standard InChI is InChI=1S/C17H22N2OS/c1-13(2)10-18-11-14-7-8-17(19-12-14)21-16-6-4-5-15(9-16)20-3/h4-9,12-13,18H,10-11H2,1-3H3. The molecule has 0 bridgehead atoms. The van der Waals surface area contributed by atoms with Crippen LogP contribution in [0.2, 0.25) is 0 Å². The number of nitrogens with zero attached hydrogens (tertiary/aromatic N) is 1. The molecule has 0 aliphatic heterocycles. The summed E-state index contributed by atoms with van der Waals surface area (Å²) in [6, 6.07) is 12.2. The van der Waals surface area contributed by atoms with E-state index in [0.717, 1.165) is 28.8 Å². The Morgan fingerprint density at radius 2 is 2.10 bits per heavy atom. The lowest BCUT2D eigenvalue weighted by Gasteiger charge is -2.08. The number of aromatic nitrogens is 1. The van der Waals surface area contributed by atoms with Crippen LogP contribution in [0, 0.1) is 5.92 Å². The number of nitrogens with one attached hydrogen (secondary N) is 1. The monoisotopic (exact) mass is 302 g/mol. The van der Waals surface area contributed by atoms with E-state index in [0.29, 0.717) is 5.92 Å². The van der Waals surface area contributed by atoms with Crippen molar-refractivity contribution in [1.29, 1.82) is 0 Å². The molecule has 2 aromatic rings. The lowest BCUT2D eigenvalue weighted by molar-refractivity contribution is 0.413. The normalized spacial score (nSPS) is 10.9. The first kappa shape index (κ1) is 15.9. The maximum atomic E-state index is 5.23. The molecule has 0 aliphatic carbocycles. The summed E-state index contributed by atoms with van der Waals surface area (Å²) in [6.45, 7) is 6.31. The first-order chi connectivity index (χ1) is 10.2. The molecule has 0 aliphatic rings. The Kier molecular flexibility index (Phi) is 6.08. The Bertz CT molecular complexity index is 555. The first-order valence-electron chi connectivity index (χ1n) is 7.15. The van der Waals surface area contributed by atoms with Crippen LogP contribution in [-0.4, -0.2) is 18.6 Å². The van der Waals surface area contributed by atoms with Gasteiger partial charge >= 0.3 is 0 Å². The second-order valence-corrected chi connectivity index (χ2v) is 6.40. The molecule has 0 saturated carbocycles. The molecule has 1 aromatic carbocycles. The minimum Gasteiger partial charge on any atom is -0.497 e. The minimum absolute atomic E-state index is 0.667. The van der Waals surface area contributed by atoms with Gasteiger partial charge in [0.2, 0.25) is 0 Å². The van der Waals surface area contributed by atoms with Gasteiger partial charge in [-0.05, 0) is 42.3 Å². The van der Waals surface area contributed by atoms with Crippen LogP contribution in [0.4, 0.5) is 0 Å². The predicted molar refractivity (Wildman–Crippen MR) is 87.9 cm³/mol. The van der Waals surface area contributed by atoms with Gasteiger partial charge in [0.25, 0.3) is 0 Å². The van der Waals surface area contributed by atoms with Crippen LogP contribution >= 0.6 is 11.8 Å². The fourth-order valence-electron chi connectivity index (χ4n) is 1.87. The molecule has 21 heavy (non-hydrogen) atoms. The van der Waals surface area contributed by atoms with Crippen molar-refractivity contribution in [2.75, 3.05) is 13.7 Å². The Morgan fingerprint density at radius 1 is 1.24 bits per heavy atom. The highest BCUT2D eigenvalue weighted by Crippen LogP contribution is 2.28. The van der Waals surface area contributed by atoms with E-state index in [2.05, 4.69) is 42.3 Å². The molecule has 1 aromatic heterocycles. The van der Waals surface area contributed by atoms with Gasteiger partial charge in [-0.2, -0.15) is 0 Å². The third-order valence-corrected chi connectivity index (χ3v) is 3.88. The zero-order chi connectivity index (χ0) is 15.1. The van der Waals surface area contributed by atoms with Crippen LogP contribution in [0.1, 0.15) is 19.4 Å². The smallest absolute Gasteiger partial charge is 0.119 e. The van der Waals surface area contributed by atoms with Crippen molar-refractivity contribution in [3.8, 4) is 5.75 Å². The Balaban J connectivity index is 1.92. The van der Waals surface area contributed by atoms with Gasteiger partial charge in [-0.15, -0.1) is 0 Å². The Morgan fingerprint density at radius 3 is 2.76 bits per heavy atom. The first-order valence-corrected chi connectivity index (χ1v) is 7.96. The third-order valence-electron chi connectivity index (χ3n) is 2.94. The number of benzene rings is 1. The number of methoxy groups -OCH3 is 1. The average Bonchev–Trinajstić information content (AvgIpc) is 2.49. The van der Waals surface area contributed by atoms with Crippen molar-refractivity contribution in [1.82, 2.24) is 10.3 Å². The molecule has 0 saturated heterocycles. The summed E-state index contributed by atoms with van der Waals surface area (Å²) >= 11 is 1.64. The van der Waals surface area contributed by atoms with Gasteiger partial charge in [0.05, 0.1) is 7.11 Å². The number of pyridine rings is 1. The molecule has 0 radical (unpaired) electrons. The van der Waals surface area contributed by atoms with Gasteiger partial charge < -0.3 is 10.1 Å². The summed E-state index contributed by atoms with van der Waals surface area (Å²) in [4.78, 5) is 5.64. The SMILES string of the molecule is COc1cccc(Sc2ccc(CNCC(C)C)cn2)c1. The lowest BCUT2D eigenvalue weighted by atomic mass is 10.2. The van der Waals surface area contributed by atoms with Gasteiger partial charge in [-0.1, -0.05) is 37.7 Å². The molecule has 2 rings (SSSR count). The van der Waals surface area contributed by atoms with E-state index in [4.69, 9.17) is 4.74 Å². The molecular formula is C17H22N2OS. The van der Waals surface area contributed by atoms with Gasteiger partial charge in [0.15, 0.2) is 0 Å². The molecule has 0 fully saturated rings. The number of rotatable bonds is 7. The van der Waals surface area contributed by atoms with Crippen molar-refractivity contribution in [3.63, 3.8) is 0 Å². The Labute approximate surface area is 131 Å². The quantitative estimate of drug-likeness (QED) is 0.838. The zero-order valence-corrected chi connectivity index (χ0v) is 13.6. The lowest BCUT2D eigenvalue weighted by Crippen LogP contribution is -2.18. The molecular weight excluding hydrogens is 280 g/mol. The molecule has 0 unspecified atom stereocenters. The fourth-order valence-corrected chi connectivity index (χ4v) is 2.67. The van der Waals surface area contributed by atoms with Crippen LogP contribution in [-0.2, 0) is 6.54 Å².